The van der Waals surface area contributed by atoms with Gasteiger partial charge in [0.05, 0.1) is 5.38 Å². The molecule has 0 aromatic heterocycles. The topological polar surface area (TPSA) is 0 Å². The van der Waals surface area contributed by atoms with Gasteiger partial charge in [0.15, 0.2) is 0 Å². The number of benzene rings is 2. The van der Waals surface area contributed by atoms with Crippen LogP contribution in [0.3, 0.4) is 0 Å². The number of alkyl halides is 1. The fourth-order valence-electron chi connectivity index (χ4n) is 2.01. The zero-order chi connectivity index (χ0) is 14.0. The Bertz CT molecular complexity index is 573. The molecular weight excluding hydrogens is 343 g/mol. The fraction of sp³-hybridized carbons (Fsp3) is 0.250. The highest BCUT2D eigenvalue weighted by atomic mass is 79.9. The molecule has 0 spiro atoms. The summed E-state index contributed by atoms with van der Waals surface area (Å²) in [5, 5.41) is 0.632. The van der Waals surface area contributed by atoms with Crippen molar-refractivity contribution in [1.82, 2.24) is 0 Å². The van der Waals surface area contributed by atoms with Gasteiger partial charge in [-0.3, -0.25) is 0 Å². The van der Waals surface area contributed by atoms with Crippen LogP contribution in [0, 0.1) is 13.8 Å². The molecule has 0 aliphatic rings. The van der Waals surface area contributed by atoms with Gasteiger partial charge in [-0.15, -0.1) is 11.6 Å². The van der Waals surface area contributed by atoms with E-state index in [1.54, 1.807) is 0 Å². The van der Waals surface area contributed by atoms with E-state index in [0.29, 0.717) is 5.02 Å². The highest BCUT2D eigenvalue weighted by Crippen LogP contribution is 2.30. The molecule has 0 saturated heterocycles. The van der Waals surface area contributed by atoms with Crippen molar-refractivity contribution in [1.29, 1.82) is 0 Å². The third kappa shape index (κ3) is 3.98. The van der Waals surface area contributed by atoms with E-state index >= 15 is 0 Å². The zero-order valence-corrected chi connectivity index (χ0v) is 14.0. The van der Waals surface area contributed by atoms with Gasteiger partial charge in [-0.25, -0.2) is 0 Å². The van der Waals surface area contributed by atoms with Crippen LogP contribution in [0.5, 0.6) is 0 Å². The molecule has 2 rings (SSSR count). The Balaban J connectivity index is 2.20. The predicted octanol–water partition coefficient (Wildman–Crippen LogP) is 6.24. The summed E-state index contributed by atoms with van der Waals surface area (Å²) in [6, 6.07) is 12.3. The Kier molecular flexibility index (Phi) is 4.94. The Morgan fingerprint density at radius 2 is 1.79 bits per heavy atom. The van der Waals surface area contributed by atoms with Crippen molar-refractivity contribution in [2.24, 2.45) is 0 Å². The fourth-order valence-corrected chi connectivity index (χ4v) is 3.20. The maximum atomic E-state index is 6.50. The molecule has 0 fully saturated rings. The second-order valence-corrected chi connectivity index (χ2v) is 6.67. The van der Waals surface area contributed by atoms with Gasteiger partial charge in [0.1, 0.15) is 0 Å². The van der Waals surface area contributed by atoms with Crippen molar-refractivity contribution in [2.75, 3.05) is 0 Å². The number of halogens is 3. The summed E-state index contributed by atoms with van der Waals surface area (Å²) in [4.78, 5) is 0. The Hall–Kier alpha value is -0.500. The first-order valence-electron chi connectivity index (χ1n) is 6.12. The first-order chi connectivity index (χ1) is 8.95. The van der Waals surface area contributed by atoms with Crippen molar-refractivity contribution in [3.8, 4) is 0 Å². The molecule has 0 aliphatic heterocycles. The van der Waals surface area contributed by atoms with Crippen LogP contribution < -0.4 is 0 Å². The minimum Gasteiger partial charge on any atom is -0.117 e. The van der Waals surface area contributed by atoms with Crippen molar-refractivity contribution in [3.05, 3.63) is 68.1 Å². The molecule has 2 aromatic rings. The molecule has 2 aromatic carbocycles. The Labute approximate surface area is 132 Å². The van der Waals surface area contributed by atoms with Crippen molar-refractivity contribution in [3.63, 3.8) is 0 Å². The lowest BCUT2D eigenvalue weighted by Crippen LogP contribution is -1.97. The van der Waals surface area contributed by atoms with Gasteiger partial charge in [0.25, 0.3) is 0 Å². The minimum absolute atomic E-state index is 0.0721. The van der Waals surface area contributed by atoms with Gasteiger partial charge in [-0.2, -0.15) is 0 Å². The van der Waals surface area contributed by atoms with Crippen LogP contribution in [0.2, 0.25) is 5.02 Å². The summed E-state index contributed by atoms with van der Waals surface area (Å²) in [5.74, 6) is 0. The Morgan fingerprint density at radius 1 is 1.05 bits per heavy atom. The van der Waals surface area contributed by atoms with E-state index in [9.17, 15) is 0 Å². The maximum Gasteiger partial charge on any atom is 0.0626 e. The first kappa shape index (κ1) is 14.9. The van der Waals surface area contributed by atoms with E-state index in [1.807, 2.05) is 18.2 Å². The van der Waals surface area contributed by atoms with Gasteiger partial charge >= 0.3 is 0 Å². The van der Waals surface area contributed by atoms with E-state index in [4.69, 9.17) is 23.2 Å². The molecule has 0 amide bonds. The van der Waals surface area contributed by atoms with E-state index in [1.165, 1.54) is 16.7 Å². The molecule has 0 radical (unpaired) electrons. The third-order valence-corrected chi connectivity index (χ3v) is 4.32. The summed E-state index contributed by atoms with van der Waals surface area (Å²) < 4.78 is 0.959. The molecule has 0 N–H and O–H groups in total. The summed E-state index contributed by atoms with van der Waals surface area (Å²) in [6.07, 6.45) is 0.801. The predicted molar refractivity (Wildman–Crippen MR) is 87.4 cm³/mol. The molecule has 0 aliphatic carbocycles. The van der Waals surface area contributed by atoms with Crippen LogP contribution in [0.15, 0.2) is 40.9 Å². The third-order valence-electron chi connectivity index (χ3n) is 3.23. The molecule has 0 saturated carbocycles. The van der Waals surface area contributed by atoms with Crippen molar-refractivity contribution in [2.45, 2.75) is 25.6 Å². The summed E-state index contributed by atoms with van der Waals surface area (Å²) in [6.45, 7) is 4.24. The van der Waals surface area contributed by atoms with E-state index in [-0.39, 0.29) is 5.38 Å². The second kappa shape index (κ2) is 6.30. The standard InChI is InChI=1S/C16H15BrCl2/c1-10-3-4-12(5-11(10)2)6-16(19)13-7-14(17)9-15(18)8-13/h3-5,7-9,16H,6H2,1-2H3. The molecule has 0 bridgehead atoms. The summed E-state index contributed by atoms with van der Waals surface area (Å²) in [5.41, 5.74) is 4.90. The van der Waals surface area contributed by atoms with Crippen LogP contribution in [0.1, 0.15) is 27.6 Å². The average molecular weight is 358 g/mol. The normalized spacial score (nSPS) is 12.5. The molecule has 100 valence electrons. The molecule has 0 heterocycles. The lowest BCUT2D eigenvalue weighted by Gasteiger charge is -2.12. The first-order valence-corrected chi connectivity index (χ1v) is 7.72. The quantitative estimate of drug-likeness (QED) is 0.570. The lowest BCUT2D eigenvalue weighted by molar-refractivity contribution is 0.916. The van der Waals surface area contributed by atoms with Gasteiger partial charge < -0.3 is 0 Å². The van der Waals surface area contributed by atoms with Crippen molar-refractivity contribution < 1.29 is 0 Å². The molecule has 0 nitrogen and oxygen atoms in total. The van der Waals surface area contributed by atoms with Gasteiger partial charge in [0.2, 0.25) is 0 Å². The minimum atomic E-state index is -0.0721. The van der Waals surface area contributed by atoms with Crippen LogP contribution >= 0.6 is 39.1 Å². The largest absolute Gasteiger partial charge is 0.117 e. The number of rotatable bonds is 3. The van der Waals surface area contributed by atoms with E-state index in [0.717, 1.165) is 16.5 Å². The lowest BCUT2D eigenvalue weighted by atomic mass is 10.0. The highest BCUT2D eigenvalue weighted by molar-refractivity contribution is 9.10. The van der Waals surface area contributed by atoms with Gasteiger partial charge in [0, 0.05) is 9.50 Å². The zero-order valence-electron chi connectivity index (χ0n) is 10.9. The van der Waals surface area contributed by atoms with Gasteiger partial charge in [-0.05, 0) is 60.7 Å². The molecule has 1 atom stereocenters. The number of aryl methyl sites for hydroxylation is 2. The summed E-state index contributed by atoms with van der Waals surface area (Å²) >= 11 is 16.0. The smallest absolute Gasteiger partial charge is 0.0626 e. The van der Waals surface area contributed by atoms with E-state index in [2.05, 4.69) is 48.0 Å². The maximum absolute atomic E-state index is 6.50. The molecular formula is C16H15BrCl2. The van der Waals surface area contributed by atoms with Crippen LogP contribution in [0.4, 0.5) is 0 Å². The molecule has 1 unspecified atom stereocenters. The Morgan fingerprint density at radius 3 is 2.42 bits per heavy atom. The molecule has 19 heavy (non-hydrogen) atoms. The number of hydrogen-bond acceptors (Lipinski definition) is 0. The van der Waals surface area contributed by atoms with Gasteiger partial charge in [-0.1, -0.05) is 45.7 Å². The van der Waals surface area contributed by atoms with Crippen LogP contribution in [0.25, 0.3) is 0 Å². The highest BCUT2D eigenvalue weighted by Gasteiger charge is 2.11. The van der Waals surface area contributed by atoms with Crippen molar-refractivity contribution >= 4 is 39.1 Å². The van der Waals surface area contributed by atoms with Crippen LogP contribution in [-0.2, 0) is 6.42 Å². The monoisotopic (exact) mass is 356 g/mol. The molecule has 3 heteroatoms. The van der Waals surface area contributed by atoms with Crippen LogP contribution in [-0.4, -0.2) is 0 Å². The average Bonchev–Trinajstić information content (AvgIpc) is 2.32. The SMILES string of the molecule is Cc1ccc(CC(Cl)c2cc(Cl)cc(Br)c2)cc1C. The van der Waals surface area contributed by atoms with E-state index < -0.39 is 0 Å². The second-order valence-electron chi connectivity index (χ2n) is 4.79. The summed E-state index contributed by atoms with van der Waals surface area (Å²) in [7, 11) is 0. The number of hydrogen-bond donors (Lipinski definition) is 0.